The highest BCUT2D eigenvalue weighted by molar-refractivity contribution is 5.54. The van der Waals surface area contributed by atoms with E-state index in [1.165, 1.54) is 12.1 Å². The first-order valence-electron chi connectivity index (χ1n) is 7.46. The Hall–Kier alpha value is -2.45. The first-order valence-corrected chi connectivity index (χ1v) is 7.46. The topological polar surface area (TPSA) is 71.0 Å². The molecule has 2 aromatic rings. The van der Waals surface area contributed by atoms with Gasteiger partial charge in [-0.2, -0.15) is 13.2 Å². The second-order valence-electron chi connectivity index (χ2n) is 5.23. The van der Waals surface area contributed by atoms with E-state index in [1.54, 1.807) is 36.4 Å². The summed E-state index contributed by atoms with van der Waals surface area (Å²) >= 11 is 0. The van der Waals surface area contributed by atoms with E-state index in [0.29, 0.717) is 11.4 Å². The number of nitrogens with one attached hydrogen (secondary N) is 1. The third-order valence-electron chi connectivity index (χ3n) is 3.01. The van der Waals surface area contributed by atoms with Gasteiger partial charge in [0.25, 0.3) is 0 Å². The number of hydrogen-bond donors (Lipinski definition) is 3. The van der Waals surface area contributed by atoms with Gasteiger partial charge in [-0.1, -0.05) is 18.2 Å². The summed E-state index contributed by atoms with van der Waals surface area (Å²) in [5, 5.41) is 21.0. The summed E-state index contributed by atoms with van der Waals surface area (Å²) < 4.78 is 47.4. The molecule has 0 aliphatic rings. The third kappa shape index (κ3) is 6.90. The average molecular weight is 357 g/mol. The molecule has 0 heterocycles. The molecule has 136 valence electrons. The Labute approximate surface area is 142 Å². The number of para-hydroxylation sites is 1. The van der Waals surface area contributed by atoms with Gasteiger partial charge in [-0.25, -0.2) is 0 Å². The van der Waals surface area contributed by atoms with Crippen molar-refractivity contribution in [3.05, 3.63) is 48.5 Å². The first kappa shape index (κ1) is 18.9. The lowest BCUT2D eigenvalue weighted by molar-refractivity contribution is -0.153. The SMILES string of the molecule is OCC(O)CNc1cc(OCC(F)(F)F)cc(Oc2ccccc2)c1. The van der Waals surface area contributed by atoms with Crippen molar-refractivity contribution in [2.75, 3.05) is 25.1 Å². The molecule has 0 bridgehead atoms. The zero-order chi connectivity index (χ0) is 18.3. The van der Waals surface area contributed by atoms with Gasteiger partial charge in [0.15, 0.2) is 6.61 Å². The van der Waals surface area contributed by atoms with Crippen molar-refractivity contribution in [1.29, 1.82) is 0 Å². The van der Waals surface area contributed by atoms with E-state index in [0.717, 1.165) is 0 Å². The molecule has 8 heteroatoms. The van der Waals surface area contributed by atoms with Crippen LogP contribution in [0.4, 0.5) is 18.9 Å². The van der Waals surface area contributed by atoms with Crippen LogP contribution in [0, 0.1) is 0 Å². The molecule has 0 spiro atoms. The molecule has 2 rings (SSSR count). The Morgan fingerprint density at radius 2 is 1.68 bits per heavy atom. The van der Waals surface area contributed by atoms with Gasteiger partial charge in [-0.3, -0.25) is 0 Å². The highest BCUT2D eigenvalue weighted by Gasteiger charge is 2.28. The van der Waals surface area contributed by atoms with Crippen molar-refractivity contribution < 1.29 is 32.9 Å². The van der Waals surface area contributed by atoms with Crippen LogP contribution >= 0.6 is 0 Å². The molecule has 25 heavy (non-hydrogen) atoms. The van der Waals surface area contributed by atoms with Gasteiger partial charge < -0.3 is 25.0 Å². The van der Waals surface area contributed by atoms with Crippen LogP contribution in [0.15, 0.2) is 48.5 Å². The quantitative estimate of drug-likeness (QED) is 0.677. The lowest BCUT2D eigenvalue weighted by Gasteiger charge is -2.15. The predicted molar refractivity (Wildman–Crippen MR) is 86.1 cm³/mol. The van der Waals surface area contributed by atoms with Gasteiger partial charge in [-0.05, 0) is 12.1 Å². The van der Waals surface area contributed by atoms with Gasteiger partial charge in [0.05, 0.1) is 12.7 Å². The summed E-state index contributed by atoms with van der Waals surface area (Å²) in [5.41, 5.74) is 0.387. The lowest BCUT2D eigenvalue weighted by atomic mass is 10.2. The summed E-state index contributed by atoms with van der Waals surface area (Å²) in [6.07, 6.45) is -5.46. The molecular formula is C17H18F3NO4. The molecule has 0 amide bonds. The molecule has 0 aliphatic heterocycles. The number of benzene rings is 2. The number of aliphatic hydroxyl groups excluding tert-OH is 2. The molecule has 0 radical (unpaired) electrons. The van der Waals surface area contributed by atoms with Crippen molar-refractivity contribution in [3.63, 3.8) is 0 Å². The highest BCUT2D eigenvalue weighted by Crippen LogP contribution is 2.30. The molecule has 0 aliphatic carbocycles. The first-order chi connectivity index (χ1) is 11.9. The van der Waals surface area contributed by atoms with Gasteiger partial charge in [-0.15, -0.1) is 0 Å². The van der Waals surface area contributed by atoms with Gasteiger partial charge >= 0.3 is 6.18 Å². The maximum atomic E-state index is 12.4. The van der Waals surface area contributed by atoms with Crippen LogP contribution in [-0.4, -0.2) is 42.3 Å². The summed E-state index contributed by atoms with van der Waals surface area (Å²) in [4.78, 5) is 0. The second-order valence-corrected chi connectivity index (χ2v) is 5.23. The van der Waals surface area contributed by atoms with Gasteiger partial charge in [0.2, 0.25) is 0 Å². The number of rotatable bonds is 8. The molecule has 2 aromatic carbocycles. The fourth-order valence-electron chi connectivity index (χ4n) is 1.91. The van der Waals surface area contributed by atoms with E-state index in [-0.39, 0.29) is 18.0 Å². The van der Waals surface area contributed by atoms with Crippen LogP contribution < -0.4 is 14.8 Å². The number of hydrogen-bond acceptors (Lipinski definition) is 5. The van der Waals surface area contributed by atoms with Crippen molar-refractivity contribution in [2.24, 2.45) is 0 Å². The van der Waals surface area contributed by atoms with Crippen LogP contribution in [0.2, 0.25) is 0 Å². The molecular weight excluding hydrogens is 339 g/mol. The molecule has 5 nitrogen and oxygen atoms in total. The number of alkyl halides is 3. The maximum Gasteiger partial charge on any atom is 0.422 e. The largest absolute Gasteiger partial charge is 0.484 e. The highest BCUT2D eigenvalue weighted by atomic mass is 19.4. The molecule has 0 saturated heterocycles. The fraction of sp³-hybridized carbons (Fsp3) is 0.294. The van der Waals surface area contributed by atoms with Crippen molar-refractivity contribution in [1.82, 2.24) is 0 Å². The van der Waals surface area contributed by atoms with Crippen molar-refractivity contribution >= 4 is 5.69 Å². The number of aliphatic hydroxyl groups is 2. The Kier molecular flexibility index (Phi) is 6.49. The average Bonchev–Trinajstić information content (AvgIpc) is 2.58. The molecule has 0 aromatic heterocycles. The van der Waals surface area contributed by atoms with E-state index >= 15 is 0 Å². The third-order valence-corrected chi connectivity index (χ3v) is 3.01. The number of ether oxygens (including phenoxy) is 2. The number of anilines is 1. The standard InChI is InChI=1S/C17H18F3NO4/c18-17(19,20)11-24-15-6-12(21-9-13(23)10-22)7-16(8-15)25-14-4-2-1-3-5-14/h1-8,13,21-23H,9-11H2. The second kappa shape index (κ2) is 8.59. The number of halogens is 3. The molecule has 1 unspecified atom stereocenters. The molecule has 3 N–H and O–H groups in total. The van der Waals surface area contributed by atoms with Crippen LogP contribution in [-0.2, 0) is 0 Å². The Morgan fingerprint density at radius 3 is 2.32 bits per heavy atom. The van der Waals surface area contributed by atoms with Crippen LogP contribution in [0.1, 0.15) is 0 Å². The van der Waals surface area contributed by atoms with E-state index in [9.17, 15) is 18.3 Å². The van der Waals surface area contributed by atoms with Gasteiger partial charge in [0.1, 0.15) is 17.2 Å². The van der Waals surface area contributed by atoms with E-state index < -0.39 is 25.5 Å². The molecule has 0 saturated carbocycles. The normalized spacial score (nSPS) is 12.5. The van der Waals surface area contributed by atoms with Crippen molar-refractivity contribution in [2.45, 2.75) is 12.3 Å². The predicted octanol–water partition coefficient (Wildman–Crippen LogP) is 3.19. The minimum Gasteiger partial charge on any atom is -0.484 e. The van der Waals surface area contributed by atoms with Crippen LogP contribution in [0.25, 0.3) is 0 Å². The van der Waals surface area contributed by atoms with Crippen LogP contribution in [0.3, 0.4) is 0 Å². The summed E-state index contributed by atoms with van der Waals surface area (Å²) in [7, 11) is 0. The minimum atomic E-state index is -4.46. The maximum absolute atomic E-state index is 12.4. The Morgan fingerprint density at radius 1 is 1.00 bits per heavy atom. The van der Waals surface area contributed by atoms with Gasteiger partial charge in [0, 0.05) is 30.4 Å². The monoisotopic (exact) mass is 357 g/mol. The summed E-state index contributed by atoms with van der Waals surface area (Å²) in [5.74, 6) is 0.746. The smallest absolute Gasteiger partial charge is 0.422 e. The Bertz CT molecular complexity index is 665. The van der Waals surface area contributed by atoms with E-state index in [1.807, 2.05) is 0 Å². The summed E-state index contributed by atoms with van der Waals surface area (Å²) in [6, 6.07) is 13.0. The zero-order valence-electron chi connectivity index (χ0n) is 13.2. The minimum absolute atomic E-state index is 0.0179. The summed E-state index contributed by atoms with van der Waals surface area (Å²) in [6.45, 7) is -1.85. The molecule has 0 fully saturated rings. The van der Waals surface area contributed by atoms with E-state index in [4.69, 9.17) is 14.6 Å². The van der Waals surface area contributed by atoms with Crippen molar-refractivity contribution in [3.8, 4) is 17.2 Å². The zero-order valence-corrected chi connectivity index (χ0v) is 13.2. The Balaban J connectivity index is 2.17. The van der Waals surface area contributed by atoms with Crippen LogP contribution in [0.5, 0.6) is 17.2 Å². The fourth-order valence-corrected chi connectivity index (χ4v) is 1.91. The lowest BCUT2D eigenvalue weighted by Crippen LogP contribution is -2.23. The molecule has 1 atom stereocenters. The van der Waals surface area contributed by atoms with E-state index in [2.05, 4.69) is 5.32 Å².